The predicted molar refractivity (Wildman–Crippen MR) is 83.1 cm³/mol. The van der Waals surface area contributed by atoms with Gasteiger partial charge in [-0.1, -0.05) is 44.2 Å². The topological polar surface area (TPSA) is 29.1 Å². The highest BCUT2D eigenvalue weighted by atomic mass is 19.4. The van der Waals surface area contributed by atoms with E-state index in [0.29, 0.717) is 11.5 Å². The first-order valence-electron chi connectivity index (χ1n) is 7.32. The first-order chi connectivity index (χ1) is 10.8. The second kappa shape index (κ2) is 6.86. The van der Waals surface area contributed by atoms with Gasteiger partial charge in [-0.2, -0.15) is 13.2 Å². The molecule has 2 rings (SSSR count). The van der Waals surface area contributed by atoms with Crippen LogP contribution in [-0.4, -0.2) is 5.91 Å². The zero-order valence-electron chi connectivity index (χ0n) is 12.9. The quantitative estimate of drug-likeness (QED) is 0.864. The van der Waals surface area contributed by atoms with Gasteiger partial charge >= 0.3 is 6.18 Å². The molecular weight excluding hydrogens is 303 g/mol. The third-order valence-corrected chi connectivity index (χ3v) is 3.60. The van der Waals surface area contributed by atoms with Gasteiger partial charge in [-0.3, -0.25) is 4.79 Å². The van der Waals surface area contributed by atoms with E-state index >= 15 is 0 Å². The van der Waals surface area contributed by atoms with Gasteiger partial charge in [-0.15, -0.1) is 0 Å². The molecule has 0 radical (unpaired) electrons. The number of amides is 1. The summed E-state index contributed by atoms with van der Waals surface area (Å²) < 4.78 is 38.7. The van der Waals surface area contributed by atoms with Crippen LogP contribution in [0.15, 0.2) is 48.5 Å². The second-order valence-corrected chi connectivity index (χ2v) is 5.61. The Morgan fingerprint density at radius 1 is 1.04 bits per heavy atom. The Balaban J connectivity index is 2.08. The number of rotatable bonds is 4. The molecule has 0 spiro atoms. The van der Waals surface area contributed by atoms with Gasteiger partial charge < -0.3 is 5.32 Å². The summed E-state index contributed by atoms with van der Waals surface area (Å²) in [6.07, 6.45) is -4.43. The fraction of sp³-hybridized carbons (Fsp3) is 0.278. The summed E-state index contributed by atoms with van der Waals surface area (Å²) in [4.78, 5) is 12.1. The Hall–Kier alpha value is -2.30. The fourth-order valence-corrected chi connectivity index (χ4v) is 2.25. The van der Waals surface area contributed by atoms with E-state index in [1.807, 2.05) is 26.0 Å². The average Bonchev–Trinajstić information content (AvgIpc) is 2.52. The van der Waals surface area contributed by atoms with Crippen molar-refractivity contribution in [2.75, 3.05) is 0 Å². The molecule has 0 fully saturated rings. The summed E-state index contributed by atoms with van der Waals surface area (Å²) in [6.45, 7) is 3.92. The number of alkyl halides is 3. The standard InChI is InChI=1S/C18H18F3NO/c1-12(2)13-7-9-14(10-8-13)17(23)22-11-15-5-3-4-6-16(15)18(19,20)21/h3-10,12H,11H2,1-2H3,(H,22,23). The van der Waals surface area contributed by atoms with E-state index in [0.717, 1.165) is 11.6 Å². The molecule has 0 saturated carbocycles. The van der Waals surface area contributed by atoms with Gasteiger partial charge in [0, 0.05) is 12.1 Å². The summed E-state index contributed by atoms with van der Waals surface area (Å²) >= 11 is 0. The van der Waals surface area contributed by atoms with Crippen molar-refractivity contribution in [3.63, 3.8) is 0 Å². The Bertz CT molecular complexity index is 675. The van der Waals surface area contributed by atoms with Crippen LogP contribution in [0.4, 0.5) is 13.2 Å². The largest absolute Gasteiger partial charge is 0.416 e. The van der Waals surface area contributed by atoms with Crippen molar-refractivity contribution in [3.05, 3.63) is 70.8 Å². The number of halogens is 3. The summed E-state index contributed by atoms with van der Waals surface area (Å²) in [6, 6.07) is 12.3. The summed E-state index contributed by atoms with van der Waals surface area (Å²) in [5.41, 5.74) is 0.852. The van der Waals surface area contributed by atoms with Crippen molar-refractivity contribution >= 4 is 5.91 Å². The minimum atomic E-state index is -4.43. The highest BCUT2D eigenvalue weighted by Gasteiger charge is 2.32. The molecule has 1 amide bonds. The maximum absolute atomic E-state index is 12.9. The van der Waals surface area contributed by atoms with Crippen LogP contribution < -0.4 is 5.32 Å². The van der Waals surface area contributed by atoms with E-state index in [1.54, 1.807) is 12.1 Å². The number of nitrogens with one attached hydrogen (secondary N) is 1. The van der Waals surface area contributed by atoms with Gasteiger partial charge in [0.15, 0.2) is 0 Å². The lowest BCUT2D eigenvalue weighted by molar-refractivity contribution is -0.138. The molecule has 0 heterocycles. The number of carbonyl (C=O) groups excluding carboxylic acids is 1. The first kappa shape index (κ1) is 17.1. The number of benzene rings is 2. The summed E-state index contributed by atoms with van der Waals surface area (Å²) in [5, 5.41) is 2.54. The minimum Gasteiger partial charge on any atom is -0.348 e. The smallest absolute Gasteiger partial charge is 0.348 e. The second-order valence-electron chi connectivity index (χ2n) is 5.61. The first-order valence-corrected chi connectivity index (χ1v) is 7.32. The zero-order chi connectivity index (χ0) is 17.0. The molecular formula is C18H18F3NO. The Labute approximate surface area is 133 Å². The Morgan fingerprint density at radius 2 is 1.65 bits per heavy atom. The molecule has 0 unspecified atom stereocenters. The fourth-order valence-electron chi connectivity index (χ4n) is 2.25. The van der Waals surface area contributed by atoms with E-state index in [2.05, 4.69) is 5.32 Å². The monoisotopic (exact) mass is 321 g/mol. The highest BCUT2D eigenvalue weighted by molar-refractivity contribution is 5.94. The molecule has 2 nitrogen and oxygen atoms in total. The molecule has 122 valence electrons. The van der Waals surface area contributed by atoms with Crippen molar-refractivity contribution in [1.29, 1.82) is 0 Å². The van der Waals surface area contributed by atoms with E-state index < -0.39 is 17.6 Å². The highest BCUT2D eigenvalue weighted by Crippen LogP contribution is 2.31. The van der Waals surface area contributed by atoms with E-state index in [9.17, 15) is 18.0 Å². The van der Waals surface area contributed by atoms with Gasteiger partial charge in [0.05, 0.1) is 5.56 Å². The normalized spacial score (nSPS) is 11.6. The molecule has 23 heavy (non-hydrogen) atoms. The van der Waals surface area contributed by atoms with Gasteiger partial charge in [0.1, 0.15) is 0 Å². The molecule has 0 atom stereocenters. The molecule has 0 saturated heterocycles. The molecule has 1 N–H and O–H groups in total. The van der Waals surface area contributed by atoms with Crippen LogP contribution >= 0.6 is 0 Å². The van der Waals surface area contributed by atoms with Gasteiger partial charge in [-0.05, 0) is 35.2 Å². The molecule has 0 aliphatic carbocycles. The SMILES string of the molecule is CC(C)c1ccc(C(=O)NCc2ccccc2C(F)(F)F)cc1. The average molecular weight is 321 g/mol. The molecule has 5 heteroatoms. The number of carbonyl (C=O) groups is 1. The maximum Gasteiger partial charge on any atom is 0.416 e. The van der Waals surface area contributed by atoms with Gasteiger partial charge in [-0.25, -0.2) is 0 Å². The molecule has 0 aliphatic rings. The van der Waals surface area contributed by atoms with Gasteiger partial charge in [0.25, 0.3) is 5.91 Å². The molecule has 0 aliphatic heterocycles. The lowest BCUT2D eigenvalue weighted by Gasteiger charge is -2.13. The van der Waals surface area contributed by atoms with Gasteiger partial charge in [0.2, 0.25) is 0 Å². The van der Waals surface area contributed by atoms with Crippen molar-refractivity contribution < 1.29 is 18.0 Å². The van der Waals surface area contributed by atoms with Crippen molar-refractivity contribution in [2.45, 2.75) is 32.5 Å². The maximum atomic E-state index is 12.9. The van der Waals surface area contributed by atoms with Crippen molar-refractivity contribution in [3.8, 4) is 0 Å². The number of hydrogen-bond acceptors (Lipinski definition) is 1. The Morgan fingerprint density at radius 3 is 2.22 bits per heavy atom. The third kappa shape index (κ3) is 4.34. The number of hydrogen-bond donors (Lipinski definition) is 1. The van der Waals surface area contributed by atoms with E-state index in [4.69, 9.17) is 0 Å². The third-order valence-electron chi connectivity index (χ3n) is 3.60. The lowest BCUT2D eigenvalue weighted by atomic mass is 10.0. The predicted octanol–water partition coefficient (Wildman–Crippen LogP) is 4.76. The van der Waals surface area contributed by atoms with E-state index in [-0.39, 0.29) is 12.1 Å². The zero-order valence-corrected chi connectivity index (χ0v) is 12.9. The van der Waals surface area contributed by atoms with Crippen LogP contribution in [0.3, 0.4) is 0 Å². The molecule has 0 bridgehead atoms. The van der Waals surface area contributed by atoms with Crippen molar-refractivity contribution in [1.82, 2.24) is 5.32 Å². The van der Waals surface area contributed by atoms with Crippen LogP contribution in [0.5, 0.6) is 0 Å². The van der Waals surface area contributed by atoms with Crippen molar-refractivity contribution in [2.24, 2.45) is 0 Å². The molecule has 2 aromatic rings. The minimum absolute atomic E-state index is 0.0483. The Kier molecular flexibility index (Phi) is 5.08. The summed E-state index contributed by atoms with van der Waals surface area (Å²) in [5.74, 6) is -0.0388. The van der Waals surface area contributed by atoms with Crippen LogP contribution in [0, 0.1) is 0 Å². The molecule has 2 aromatic carbocycles. The molecule has 0 aromatic heterocycles. The van der Waals surface area contributed by atoms with E-state index in [1.165, 1.54) is 18.2 Å². The van der Waals surface area contributed by atoms with Crippen LogP contribution in [0.1, 0.15) is 46.8 Å². The summed E-state index contributed by atoms with van der Waals surface area (Å²) in [7, 11) is 0. The van der Waals surface area contributed by atoms with Crippen LogP contribution in [0.25, 0.3) is 0 Å². The van der Waals surface area contributed by atoms with Crippen LogP contribution in [0.2, 0.25) is 0 Å². The lowest BCUT2D eigenvalue weighted by Crippen LogP contribution is -2.24. The van der Waals surface area contributed by atoms with Crippen LogP contribution in [-0.2, 0) is 12.7 Å².